The topological polar surface area (TPSA) is 71.1 Å². The van der Waals surface area contributed by atoms with Crippen molar-refractivity contribution in [3.8, 4) is 11.5 Å². The molecular weight excluding hydrogens is 414 g/mol. The number of nitrogens with one attached hydrogen (secondary N) is 1. The number of carbonyl (C=O) groups is 2. The van der Waals surface area contributed by atoms with E-state index in [0.29, 0.717) is 33.9 Å². The van der Waals surface area contributed by atoms with E-state index < -0.39 is 6.04 Å². The maximum absolute atomic E-state index is 12.7. The minimum absolute atomic E-state index is 0.0174. The van der Waals surface area contributed by atoms with Crippen molar-refractivity contribution in [2.75, 3.05) is 19.2 Å². The van der Waals surface area contributed by atoms with Gasteiger partial charge in [-0.25, -0.2) is 0 Å². The monoisotopic (exact) mass is 431 g/mol. The van der Waals surface area contributed by atoms with E-state index in [9.17, 15) is 9.59 Å². The number of anilines is 1. The molecule has 1 atom stereocenters. The van der Waals surface area contributed by atoms with Gasteiger partial charge in [0, 0.05) is 24.3 Å². The molecule has 0 unspecified atom stereocenters. The predicted octanol–water partition coefficient (Wildman–Crippen LogP) is 3.03. The summed E-state index contributed by atoms with van der Waals surface area (Å²) in [5.41, 5.74) is 1.52. The molecule has 2 aliphatic rings. The smallest absolute Gasteiger partial charge is 0.251 e. The van der Waals surface area contributed by atoms with Crippen molar-refractivity contribution >= 4 is 46.4 Å². The maximum atomic E-state index is 12.7. The summed E-state index contributed by atoms with van der Waals surface area (Å²) in [6.07, 6.45) is -0.0174. The van der Waals surface area contributed by atoms with Gasteiger partial charge in [0.05, 0.1) is 6.42 Å². The van der Waals surface area contributed by atoms with Crippen LogP contribution in [0.2, 0.25) is 5.02 Å². The van der Waals surface area contributed by atoms with Crippen LogP contribution in [-0.2, 0) is 16.1 Å². The molecule has 0 radical (unpaired) electrons. The number of thiocarbonyl (C=S) groups is 1. The van der Waals surface area contributed by atoms with Crippen molar-refractivity contribution in [3.05, 3.63) is 53.1 Å². The Morgan fingerprint density at radius 3 is 2.69 bits per heavy atom. The van der Waals surface area contributed by atoms with Crippen molar-refractivity contribution in [2.24, 2.45) is 0 Å². The van der Waals surface area contributed by atoms with Gasteiger partial charge >= 0.3 is 0 Å². The van der Waals surface area contributed by atoms with E-state index in [0.717, 1.165) is 5.56 Å². The lowest BCUT2D eigenvalue weighted by Crippen LogP contribution is -2.37. The second-order valence-electron chi connectivity index (χ2n) is 6.77. The van der Waals surface area contributed by atoms with E-state index in [4.69, 9.17) is 33.3 Å². The summed E-state index contributed by atoms with van der Waals surface area (Å²) < 4.78 is 10.7. The van der Waals surface area contributed by atoms with E-state index in [1.165, 1.54) is 4.90 Å². The van der Waals surface area contributed by atoms with Crippen LogP contribution in [0.15, 0.2) is 42.5 Å². The van der Waals surface area contributed by atoms with E-state index >= 15 is 0 Å². The molecule has 1 fully saturated rings. The molecule has 150 valence electrons. The first-order valence-corrected chi connectivity index (χ1v) is 9.73. The second-order valence-corrected chi connectivity index (χ2v) is 7.57. The molecule has 7 nitrogen and oxygen atoms in total. The van der Waals surface area contributed by atoms with Crippen molar-refractivity contribution in [2.45, 2.75) is 19.0 Å². The van der Waals surface area contributed by atoms with Crippen LogP contribution in [0, 0.1) is 0 Å². The highest BCUT2D eigenvalue weighted by Crippen LogP contribution is 2.33. The first kappa shape index (κ1) is 19.5. The lowest BCUT2D eigenvalue weighted by molar-refractivity contribution is -0.130. The number of benzene rings is 2. The van der Waals surface area contributed by atoms with Gasteiger partial charge < -0.3 is 19.7 Å². The van der Waals surface area contributed by atoms with E-state index in [1.54, 1.807) is 36.2 Å². The number of likely N-dealkylation sites (N-methyl/N-ethyl adjacent to an activating group) is 1. The third-order valence-corrected chi connectivity index (χ3v) is 5.58. The van der Waals surface area contributed by atoms with Crippen molar-refractivity contribution in [1.29, 1.82) is 0 Å². The molecule has 4 rings (SSSR count). The standard InChI is InChI=1S/C20H18ClN3O4S/c1-23-19(26)15(9-18(25)22-14-5-3-13(21)4-6-14)24(20(23)29)10-12-2-7-16-17(8-12)28-11-27-16/h2-8,15H,9-11H2,1H3,(H,22,25)/t15-/m0/s1. The van der Waals surface area contributed by atoms with Crippen LogP contribution >= 0.6 is 23.8 Å². The van der Waals surface area contributed by atoms with Gasteiger partial charge in [-0.05, 0) is 54.2 Å². The van der Waals surface area contributed by atoms with Gasteiger partial charge in [0.2, 0.25) is 12.7 Å². The largest absolute Gasteiger partial charge is 0.454 e. The first-order chi connectivity index (χ1) is 13.9. The Morgan fingerprint density at radius 1 is 1.21 bits per heavy atom. The highest BCUT2D eigenvalue weighted by molar-refractivity contribution is 7.80. The number of rotatable bonds is 5. The summed E-state index contributed by atoms with van der Waals surface area (Å²) in [7, 11) is 1.62. The highest BCUT2D eigenvalue weighted by Gasteiger charge is 2.41. The third kappa shape index (κ3) is 3.99. The summed E-state index contributed by atoms with van der Waals surface area (Å²) in [6, 6.07) is 11.7. The second kappa shape index (κ2) is 7.88. The number of hydrogen-bond donors (Lipinski definition) is 1. The summed E-state index contributed by atoms with van der Waals surface area (Å²) >= 11 is 11.3. The number of nitrogens with zero attached hydrogens (tertiary/aromatic N) is 2. The number of halogens is 1. The minimum Gasteiger partial charge on any atom is -0.454 e. The Balaban J connectivity index is 1.49. The highest BCUT2D eigenvalue weighted by atomic mass is 35.5. The SMILES string of the molecule is CN1C(=O)[C@H](CC(=O)Nc2ccc(Cl)cc2)N(Cc2ccc3c(c2)OCO3)C1=S. The fraction of sp³-hybridized carbons (Fsp3) is 0.250. The number of hydrogen-bond acceptors (Lipinski definition) is 5. The lowest BCUT2D eigenvalue weighted by atomic mass is 10.1. The molecule has 2 heterocycles. The van der Waals surface area contributed by atoms with Crippen molar-refractivity contribution < 1.29 is 19.1 Å². The molecule has 1 saturated heterocycles. The molecule has 0 aliphatic carbocycles. The molecule has 2 aromatic rings. The molecule has 2 amide bonds. The quantitative estimate of drug-likeness (QED) is 0.734. The molecule has 0 saturated carbocycles. The van der Waals surface area contributed by atoms with Gasteiger partial charge in [0.15, 0.2) is 16.6 Å². The first-order valence-electron chi connectivity index (χ1n) is 8.94. The van der Waals surface area contributed by atoms with Crippen LogP contribution in [0.25, 0.3) is 0 Å². The molecule has 2 aromatic carbocycles. The average molecular weight is 432 g/mol. The number of amides is 2. The lowest BCUT2D eigenvalue weighted by Gasteiger charge is -2.23. The summed E-state index contributed by atoms with van der Waals surface area (Å²) in [5.74, 6) is 0.857. The van der Waals surface area contributed by atoms with Gasteiger partial charge in [0.25, 0.3) is 5.91 Å². The molecule has 0 aromatic heterocycles. The molecule has 29 heavy (non-hydrogen) atoms. The van der Waals surface area contributed by atoms with Crippen LogP contribution in [0.1, 0.15) is 12.0 Å². The van der Waals surface area contributed by atoms with Crippen LogP contribution in [0.5, 0.6) is 11.5 Å². The summed E-state index contributed by atoms with van der Waals surface area (Å²) in [4.78, 5) is 28.4. The zero-order chi connectivity index (χ0) is 20.5. The Morgan fingerprint density at radius 2 is 1.93 bits per heavy atom. The van der Waals surface area contributed by atoms with Crippen molar-refractivity contribution in [1.82, 2.24) is 9.80 Å². The van der Waals surface area contributed by atoms with Gasteiger partial charge in [-0.1, -0.05) is 17.7 Å². The molecule has 2 aliphatic heterocycles. The Labute approximate surface area is 178 Å². The predicted molar refractivity (Wildman–Crippen MR) is 112 cm³/mol. The molecule has 0 spiro atoms. The average Bonchev–Trinajstić information content (AvgIpc) is 3.24. The number of carbonyl (C=O) groups excluding carboxylic acids is 2. The minimum atomic E-state index is -0.676. The van der Waals surface area contributed by atoms with E-state index in [2.05, 4.69) is 5.32 Å². The summed E-state index contributed by atoms with van der Waals surface area (Å²) in [6.45, 7) is 0.570. The molecular formula is C20H18ClN3O4S. The number of fused-ring (bicyclic) bond motifs is 1. The molecule has 0 bridgehead atoms. The number of ether oxygens (including phenoxy) is 2. The van der Waals surface area contributed by atoms with E-state index in [-0.39, 0.29) is 25.0 Å². The fourth-order valence-corrected chi connectivity index (χ4v) is 3.72. The van der Waals surface area contributed by atoms with Gasteiger partial charge in [-0.3, -0.25) is 14.5 Å². The maximum Gasteiger partial charge on any atom is 0.251 e. The van der Waals surface area contributed by atoms with Crippen molar-refractivity contribution in [3.63, 3.8) is 0 Å². The van der Waals surface area contributed by atoms with Crippen LogP contribution in [-0.4, -0.2) is 46.6 Å². The normalized spacial score (nSPS) is 17.8. The zero-order valence-electron chi connectivity index (χ0n) is 15.6. The van der Waals surface area contributed by atoms with Crippen LogP contribution in [0.3, 0.4) is 0 Å². The molecule has 9 heteroatoms. The fourth-order valence-electron chi connectivity index (χ4n) is 3.31. The van der Waals surface area contributed by atoms with Gasteiger partial charge in [-0.15, -0.1) is 0 Å². The van der Waals surface area contributed by atoms with Crippen LogP contribution < -0.4 is 14.8 Å². The van der Waals surface area contributed by atoms with Crippen LogP contribution in [0.4, 0.5) is 5.69 Å². The summed E-state index contributed by atoms with van der Waals surface area (Å²) in [5, 5.41) is 3.76. The Hall–Kier alpha value is -2.84. The molecule has 1 N–H and O–H groups in total. The zero-order valence-corrected chi connectivity index (χ0v) is 17.1. The van der Waals surface area contributed by atoms with E-state index in [1.807, 2.05) is 18.2 Å². The third-order valence-electron chi connectivity index (χ3n) is 4.82. The van der Waals surface area contributed by atoms with Gasteiger partial charge in [0.1, 0.15) is 6.04 Å². The Bertz CT molecular complexity index is 982. The Kier molecular flexibility index (Phi) is 5.29. The van der Waals surface area contributed by atoms with Gasteiger partial charge in [-0.2, -0.15) is 0 Å².